The van der Waals surface area contributed by atoms with Crippen molar-refractivity contribution in [3.63, 3.8) is 0 Å². The minimum atomic E-state index is -1.74. The lowest BCUT2D eigenvalue weighted by Crippen LogP contribution is -2.34. The quantitative estimate of drug-likeness (QED) is 0.239. The summed E-state index contributed by atoms with van der Waals surface area (Å²) in [5.74, 6) is 0.593. The Morgan fingerprint density at radius 2 is 1.07 bits per heavy atom. The van der Waals surface area contributed by atoms with Gasteiger partial charge >= 0.3 is 7.12 Å². The van der Waals surface area contributed by atoms with Crippen molar-refractivity contribution in [3.8, 4) is 11.5 Å². The lowest BCUT2D eigenvalue weighted by atomic mass is 9.85. The van der Waals surface area contributed by atoms with Crippen LogP contribution in [0.3, 0.4) is 0 Å². The van der Waals surface area contributed by atoms with Crippen molar-refractivity contribution in [2.75, 3.05) is 0 Å². The molecule has 2 N–H and O–H groups in total. The molecule has 5 aromatic carbocycles. The molecular weight excluding hydrogens is 521 g/mol. The van der Waals surface area contributed by atoms with E-state index in [-0.39, 0.29) is 5.59 Å². The molecule has 0 radical (unpaired) electrons. The summed E-state index contributed by atoms with van der Waals surface area (Å²) in [7, 11) is -1.74. The van der Waals surface area contributed by atoms with E-state index in [1.807, 2.05) is 60.7 Å². The zero-order chi connectivity index (χ0) is 27.9. The molecule has 9 rings (SSSR count). The van der Waals surface area contributed by atoms with E-state index in [1.54, 1.807) is 6.07 Å². The molecule has 0 saturated heterocycles. The molecule has 42 heavy (non-hydrogen) atoms. The summed E-state index contributed by atoms with van der Waals surface area (Å²) in [5, 5.41) is 27.2. The van der Waals surface area contributed by atoms with Crippen molar-refractivity contribution < 1.29 is 14.5 Å². The maximum atomic E-state index is 10.4. The predicted octanol–water partition coefficient (Wildman–Crippen LogP) is 6.86. The van der Waals surface area contributed by atoms with Gasteiger partial charge in [-0.15, -0.1) is 0 Å². The van der Waals surface area contributed by atoms with E-state index in [9.17, 15) is 10.0 Å². The van der Waals surface area contributed by atoms with Crippen LogP contribution in [0.5, 0.6) is 0 Å². The highest BCUT2D eigenvalue weighted by Gasteiger charge is 2.22. The van der Waals surface area contributed by atoms with Crippen molar-refractivity contribution >= 4 is 78.3 Å². The van der Waals surface area contributed by atoms with Crippen LogP contribution >= 0.6 is 0 Å². The largest absolute Gasteiger partial charge is 0.508 e. The van der Waals surface area contributed by atoms with Crippen LogP contribution in [0.2, 0.25) is 0 Å². The number of hydrogen-bond donors (Lipinski definition) is 2. The van der Waals surface area contributed by atoms with Crippen molar-refractivity contribution in [1.82, 2.24) is 14.1 Å². The minimum Gasteiger partial charge on any atom is -0.456 e. The van der Waals surface area contributed by atoms with Gasteiger partial charge < -0.3 is 19.0 Å². The Morgan fingerprint density at radius 3 is 1.74 bits per heavy atom. The molecule has 7 heteroatoms. The number of furan rings is 1. The average molecular weight is 543 g/mol. The SMILES string of the molecule is OB(O)c1cc(-n2c3ccccc3c3ccccc32)cc(-n2c3ccccc3c3cc4oc5ccccc5c4cc32)n1. The van der Waals surface area contributed by atoms with Gasteiger partial charge in [-0.3, -0.25) is 4.57 Å². The molecule has 0 aliphatic heterocycles. The fraction of sp³-hybridized carbons (Fsp3) is 0. The average Bonchev–Trinajstić information content (AvgIpc) is 3.67. The van der Waals surface area contributed by atoms with Gasteiger partial charge in [-0.05, 0) is 42.5 Å². The molecule has 0 amide bonds. The van der Waals surface area contributed by atoms with Crippen LogP contribution in [0.4, 0.5) is 0 Å². The van der Waals surface area contributed by atoms with E-state index in [2.05, 4.69) is 63.7 Å². The van der Waals surface area contributed by atoms with Crippen LogP contribution in [-0.2, 0) is 0 Å². The van der Waals surface area contributed by atoms with Gasteiger partial charge in [0.1, 0.15) is 17.0 Å². The third kappa shape index (κ3) is 3.20. The number of fused-ring (bicyclic) bond motifs is 9. The van der Waals surface area contributed by atoms with Gasteiger partial charge in [0.05, 0.1) is 33.3 Å². The van der Waals surface area contributed by atoms with E-state index in [1.165, 1.54) is 0 Å². The van der Waals surface area contributed by atoms with E-state index in [4.69, 9.17) is 9.40 Å². The molecule has 0 aliphatic carbocycles. The van der Waals surface area contributed by atoms with Crippen LogP contribution in [0.25, 0.3) is 77.1 Å². The number of nitrogens with zero attached hydrogens (tertiary/aromatic N) is 3. The Bertz CT molecular complexity index is 2470. The molecule has 0 unspecified atom stereocenters. The van der Waals surface area contributed by atoms with E-state index >= 15 is 0 Å². The fourth-order valence-electron chi connectivity index (χ4n) is 6.53. The Morgan fingerprint density at radius 1 is 0.500 bits per heavy atom. The van der Waals surface area contributed by atoms with Crippen molar-refractivity contribution in [1.29, 1.82) is 0 Å². The molecule has 0 bridgehead atoms. The molecule has 4 heterocycles. The molecule has 0 spiro atoms. The second kappa shape index (κ2) is 8.57. The summed E-state index contributed by atoms with van der Waals surface area (Å²) in [6.45, 7) is 0. The highest BCUT2D eigenvalue weighted by molar-refractivity contribution is 6.57. The number of pyridine rings is 1. The third-order valence-electron chi connectivity index (χ3n) is 8.32. The zero-order valence-electron chi connectivity index (χ0n) is 22.3. The van der Waals surface area contributed by atoms with Gasteiger partial charge in [-0.2, -0.15) is 0 Å². The standard InChI is InChI=1S/C35H22BN3O3/c40-36(41)34-17-21(38-28-13-5-1-9-22(28)23-10-2-6-14-29(23)38)18-35(37-34)39-30-15-7-3-11-24(30)26-20-33-27(19-31(26)39)25-12-4-8-16-32(25)42-33/h1-20,40-41H. The topological polar surface area (TPSA) is 76.3 Å². The second-order valence-electron chi connectivity index (χ2n) is 10.7. The molecule has 0 aliphatic rings. The lowest BCUT2D eigenvalue weighted by molar-refractivity contribution is 0.424. The van der Waals surface area contributed by atoms with Crippen LogP contribution in [0.15, 0.2) is 126 Å². The molecule has 0 atom stereocenters. The number of hydrogen-bond acceptors (Lipinski definition) is 4. The van der Waals surface area contributed by atoms with Crippen LogP contribution < -0.4 is 5.59 Å². The lowest BCUT2D eigenvalue weighted by Gasteiger charge is -2.14. The van der Waals surface area contributed by atoms with E-state index in [0.29, 0.717) is 5.82 Å². The smallest absolute Gasteiger partial charge is 0.456 e. The maximum Gasteiger partial charge on any atom is 0.508 e. The van der Waals surface area contributed by atoms with Crippen molar-refractivity contribution in [3.05, 3.63) is 121 Å². The Labute approximate surface area is 239 Å². The third-order valence-corrected chi connectivity index (χ3v) is 8.32. The summed E-state index contributed by atoms with van der Waals surface area (Å²) in [4.78, 5) is 4.80. The number of aromatic nitrogens is 3. The van der Waals surface area contributed by atoms with Gasteiger partial charge in [-0.1, -0.05) is 72.8 Å². The van der Waals surface area contributed by atoms with Gasteiger partial charge in [0.2, 0.25) is 0 Å². The maximum absolute atomic E-state index is 10.4. The summed E-state index contributed by atoms with van der Waals surface area (Å²) >= 11 is 0. The summed E-state index contributed by atoms with van der Waals surface area (Å²) in [5.41, 5.74) is 6.62. The summed E-state index contributed by atoms with van der Waals surface area (Å²) in [6.07, 6.45) is 0. The highest BCUT2D eigenvalue weighted by atomic mass is 16.4. The molecule has 198 valence electrons. The Hall–Kier alpha value is -5.37. The first-order valence-corrected chi connectivity index (χ1v) is 13.9. The molecule has 9 aromatic rings. The normalized spacial score (nSPS) is 12.0. The number of para-hydroxylation sites is 4. The van der Waals surface area contributed by atoms with Gasteiger partial charge in [-0.25, -0.2) is 4.98 Å². The van der Waals surface area contributed by atoms with Crippen LogP contribution in [-0.4, -0.2) is 31.3 Å². The molecular formula is C35H22BN3O3. The van der Waals surface area contributed by atoms with Gasteiger partial charge in [0.25, 0.3) is 0 Å². The monoisotopic (exact) mass is 543 g/mol. The summed E-state index contributed by atoms with van der Waals surface area (Å²) in [6, 6.07) is 40.8. The van der Waals surface area contributed by atoms with Gasteiger partial charge in [0, 0.05) is 38.4 Å². The molecule has 0 saturated carbocycles. The molecule has 4 aromatic heterocycles. The Kier molecular flexibility index (Phi) is 4.76. The van der Waals surface area contributed by atoms with E-state index in [0.717, 1.165) is 71.2 Å². The predicted molar refractivity (Wildman–Crippen MR) is 170 cm³/mol. The Balaban J connectivity index is 1.41. The van der Waals surface area contributed by atoms with Crippen molar-refractivity contribution in [2.45, 2.75) is 0 Å². The molecule has 0 fully saturated rings. The minimum absolute atomic E-state index is 0.171. The fourth-order valence-corrected chi connectivity index (χ4v) is 6.53. The number of rotatable bonds is 3. The zero-order valence-corrected chi connectivity index (χ0v) is 22.3. The highest BCUT2D eigenvalue weighted by Crippen LogP contribution is 2.38. The first-order chi connectivity index (χ1) is 20.7. The van der Waals surface area contributed by atoms with Crippen LogP contribution in [0.1, 0.15) is 0 Å². The first kappa shape index (κ1) is 23.4. The summed E-state index contributed by atoms with van der Waals surface area (Å²) < 4.78 is 10.5. The van der Waals surface area contributed by atoms with Crippen molar-refractivity contribution in [2.24, 2.45) is 0 Å². The van der Waals surface area contributed by atoms with E-state index < -0.39 is 7.12 Å². The van der Waals surface area contributed by atoms with Gasteiger partial charge in [0.15, 0.2) is 0 Å². The number of benzene rings is 5. The van der Waals surface area contributed by atoms with Crippen LogP contribution in [0, 0.1) is 0 Å². The first-order valence-electron chi connectivity index (χ1n) is 13.9. The molecule has 6 nitrogen and oxygen atoms in total. The second-order valence-corrected chi connectivity index (χ2v) is 10.7.